The van der Waals surface area contributed by atoms with Gasteiger partial charge in [0.1, 0.15) is 22.2 Å². The Morgan fingerprint density at radius 2 is 1.72 bits per heavy atom. The van der Waals surface area contributed by atoms with E-state index in [0.717, 1.165) is 12.0 Å². The van der Waals surface area contributed by atoms with Crippen molar-refractivity contribution in [1.29, 1.82) is 0 Å². The lowest BCUT2D eigenvalue weighted by Gasteiger charge is -2.42. The maximum Gasteiger partial charge on any atom is 0.245 e. The van der Waals surface area contributed by atoms with E-state index in [-0.39, 0.29) is 16.5 Å². The second kappa shape index (κ2) is 6.65. The van der Waals surface area contributed by atoms with Gasteiger partial charge in [-0.1, -0.05) is 12.1 Å². The van der Waals surface area contributed by atoms with Crippen molar-refractivity contribution in [3.05, 3.63) is 53.8 Å². The lowest BCUT2D eigenvalue weighted by molar-refractivity contribution is 0.224. The van der Waals surface area contributed by atoms with Gasteiger partial charge in [-0.3, -0.25) is 0 Å². The third kappa shape index (κ3) is 3.34. The number of halogens is 1. The summed E-state index contributed by atoms with van der Waals surface area (Å²) in [4.78, 5) is 0.0164. The molecule has 3 rings (SSSR count). The van der Waals surface area contributed by atoms with E-state index in [1.54, 1.807) is 24.3 Å². The van der Waals surface area contributed by atoms with Crippen molar-refractivity contribution in [2.45, 2.75) is 29.7 Å². The smallest absolute Gasteiger partial charge is 0.245 e. The highest BCUT2D eigenvalue weighted by molar-refractivity contribution is 7.89. The van der Waals surface area contributed by atoms with Gasteiger partial charge in [0.25, 0.3) is 0 Å². The van der Waals surface area contributed by atoms with Crippen molar-refractivity contribution in [2.75, 3.05) is 14.2 Å². The molecule has 0 bridgehead atoms. The number of hydrogen-bond acceptors (Lipinski definition) is 4. The van der Waals surface area contributed by atoms with Crippen LogP contribution in [-0.4, -0.2) is 22.6 Å². The van der Waals surface area contributed by atoms with Crippen molar-refractivity contribution in [3.63, 3.8) is 0 Å². The minimum atomic E-state index is -3.86. The van der Waals surface area contributed by atoms with Crippen LogP contribution in [0.15, 0.2) is 47.4 Å². The first kappa shape index (κ1) is 17.7. The first-order valence-electron chi connectivity index (χ1n) is 7.92. The van der Waals surface area contributed by atoms with Crippen LogP contribution >= 0.6 is 0 Å². The van der Waals surface area contributed by atoms with Crippen LogP contribution in [0.1, 0.15) is 24.8 Å². The Bertz CT molecular complexity index is 861. The van der Waals surface area contributed by atoms with Gasteiger partial charge in [0, 0.05) is 6.07 Å². The van der Waals surface area contributed by atoms with Crippen LogP contribution in [0, 0.1) is 5.82 Å². The Hall–Kier alpha value is -2.12. The van der Waals surface area contributed by atoms with E-state index in [1.807, 2.05) is 0 Å². The molecule has 0 aliphatic heterocycles. The molecule has 0 amide bonds. The summed E-state index contributed by atoms with van der Waals surface area (Å²) >= 11 is 0. The van der Waals surface area contributed by atoms with Crippen LogP contribution < -0.4 is 14.2 Å². The lowest BCUT2D eigenvalue weighted by atomic mass is 9.73. The van der Waals surface area contributed by atoms with E-state index in [4.69, 9.17) is 9.47 Å². The first-order chi connectivity index (χ1) is 11.9. The van der Waals surface area contributed by atoms with E-state index in [1.165, 1.54) is 32.4 Å². The number of hydrogen-bond donors (Lipinski definition) is 1. The molecule has 5 nitrogen and oxygen atoms in total. The summed E-state index contributed by atoms with van der Waals surface area (Å²) in [6, 6.07) is 10.6. The molecule has 2 aromatic rings. The second-order valence-corrected chi connectivity index (χ2v) is 7.72. The Labute approximate surface area is 146 Å². The van der Waals surface area contributed by atoms with Gasteiger partial charge in [0.2, 0.25) is 10.0 Å². The SMILES string of the molecule is COc1ccc(OC)c(S(=O)(=O)NC2(c3ccc(F)cc3)CCC2)c1. The number of benzene rings is 2. The number of nitrogens with one attached hydrogen (secondary N) is 1. The van der Waals surface area contributed by atoms with Crippen LogP contribution in [0.5, 0.6) is 11.5 Å². The van der Waals surface area contributed by atoms with Gasteiger partial charge in [-0.25, -0.2) is 17.5 Å². The number of methoxy groups -OCH3 is 2. The minimum absolute atomic E-state index is 0.0164. The highest BCUT2D eigenvalue weighted by atomic mass is 32.2. The van der Waals surface area contributed by atoms with Crippen molar-refractivity contribution >= 4 is 10.0 Å². The van der Waals surface area contributed by atoms with Crippen LogP contribution in [0.2, 0.25) is 0 Å². The summed E-state index contributed by atoms with van der Waals surface area (Å²) in [6.45, 7) is 0. The zero-order chi connectivity index (χ0) is 18.1. The molecule has 0 saturated heterocycles. The predicted octanol–water partition coefficient (Wildman–Crippen LogP) is 3.20. The molecule has 1 saturated carbocycles. The Morgan fingerprint density at radius 1 is 1.04 bits per heavy atom. The van der Waals surface area contributed by atoms with Gasteiger partial charge in [-0.05, 0) is 49.1 Å². The van der Waals surface area contributed by atoms with Crippen LogP contribution in [0.3, 0.4) is 0 Å². The molecule has 134 valence electrons. The number of ether oxygens (including phenoxy) is 2. The van der Waals surface area contributed by atoms with Gasteiger partial charge < -0.3 is 9.47 Å². The summed E-state index contributed by atoms with van der Waals surface area (Å²) < 4.78 is 52.3. The van der Waals surface area contributed by atoms with Gasteiger partial charge in [0.05, 0.1) is 19.8 Å². The summed E-state index contributed by atoms with van der Waals surface area (Å²) in [5, 5.41) is 0. The number of rotatable bonds is 6. The van der Waals surface area contributed by atoms with Crippen molar-refractivity contribution in [3.8, 4) is 11.5 Å². The van der Waals surface area contributed by atoms with Gasteiger partial charge in [-0.2, -0.15) is 0 Å². The van der Waals surface area contributed by atoms with Crippen molar-refractivity contribution in [2.24, 2.45) is 0 Å². The highest BCUT2D eigenvalue weighted by Crippen LogP contribution is 2.43. The Kier molecular flexibility index (Phi) is 4.71. The van der Waals surface area contributed by atoms with Crippen LogP contribution in [0.4, 0.5) is 4.39 Å². The summed E-state index contributed by atoms with van der Waals surface area (Å²) in [6.07, 6.45) is 2.21. The van der Waals surface area contributed by atoms with E-state index < -0.39 is 15.6 Å². The third-order valence-corrected chi connectivity index (χ3v) is 6.15. The summed E-state index contributed by atoms with van der Waals surface area (Å²) in [7, 11) is -0.975. The third-order valence-electron chi connectivity index (χ3n) is 4.59. The molecular weight excluding hydrogens is 345 g/mol. The molecule has 1 fully saturated rings. The second-order valence-electron chi connectivity index (χ2n) is 6.06. The van der Waals surface area contributed by atoms with E-state index in [0.29, 0.717) is 18.6 Å². The van der Waals surface area contributed by atoms with Crippen molar-refractivity contribution < 1.29 is 22.3 Å². The molecule has 7 heteroatoms. The highest BCUT2D eigenvalue weighted by Gasteiger charge is 2.43. The molecule has 0 aromatic heterocycles. The maximum absolute atomic E-state index is 13.2. The largest absolute Gasteiger partial charge is 0.497 e. The molecule has 1 N–H and O–H groups in total. The molecule has 1 aliphatic carbocycles. The average molecular weight is 365 g/mol. The molecule has 0 radical (unpaired) electrons. The normalized spacial score (nSPS) is 16.1. The zero-order valence-electron chi connectivity index (χ0n) is 14.1. The van der Waals surface area contributed by atoms with Gasteiger partial charge in [0.15, 0.2) is 0 Å². The minimum Gasteiger partial charge on any atom is -0.497 e. The molecule has 0 unspecified atom stereocenters. The fraction of sp³-hybridized carbons (Fsp3) is 0.333. The van der Waals surface area contributed by atoms with E-state index in [2.05, 4.69) is 4.72 Å². The van der Waals surface area contributed by atoms with Gasteiger partial charge in [-0.15, -0.1) is 0 Å². The van der Waals surface area contributed by atoms with Crippen LogP contribution in [-0.2, 0) is 15.6 Å². The zero-order valence-corrected chi connectivity index (χ0v) is 14.9. The summed E-state index contributed by atoms with van der Waals surface area (Å²) in [5.41, 5.74) is 0.0336. The molecule has 0 spiro atoms. The molecule has 0 atom stereocenters. The average Bonchev–Trinajstić information content (AvgIpc) is 2.58. The van der Waals surface area contributed by atoms with E-state index >= 15 is 0 Å². The fourth-order valence-corrected chi connectivity index (χ4v) is 4.69. The van der Waals surface area contributed by atoms with Crippen LogP contribution in [0.25, 0.3) is 0 Å². The topological polar surface area (TPSA) is 64.6 Å². The maximum atomic E-state index is 13.2. The summed E-state index contributed by atoms with van der Waals surface area (Å²) in [5.74, 6) is 0.308. The standard InChI is InChI=1S/C18H20FNO4S/c1-23-15-8-9-16(24-2)17(12-15)25(21,22)20-18(10-3-11-18)13-4-6-14(19)7-5-13/h4-9,12,20H,3,10-11H2,1-2H3. The van der Waals surface area contributed by atoms with Gasteiger partial charge >= 0.3 is 0 Å². The Morgan fingerprint density at radius 3 is 2.24 bits per heavy atom. The molecule has 25 heavy (non-hydrogen) atoms. The lowest BCUT2D eigenvalue weighted by Crippen LogP contribution is -2.50. The Balaban J connectivity index is 1.99. The number of sulfonamides is 1. The first-order valence-corrected chi connectivity index (χ1v) is 9.40. The van der Waals surface area contributed by atoms with Crippen molar-refractivity contribution in [1.82, 2.24) is 4.72 Å². The molecule has 2 aromatic carbocycles. The molecular formula is C18H20FNO4S. The quantitative estimate of drug-likeness (QED) is 0.854. The molecule has 0 heterocycles. The fourth-order valence-electron chi connectivity index (χ4n) is 3.06. The monoisotopic (exact) mass is 365 g/mol. The van der Waals surface area contributed by atoms with E-state index in [9.17, 15) is 12.8 Å². The molecule has 1 aliphatic rings. The predicted molar refractivity (Wildman–Crippen MR) is 91.8 cm³/mol.